The first-order valence-electron chi connectivity index (χ1n) is 7.59. The summed E-state index contributed by atoms with van der Waals surface area (Å²) in [6.45, 7) is 12.7. The second-order valence-corrected chi connectivity index (χ2v) is 8.47. The van der Waals surface area contributed by atoms with Crippen molar-refractivity contribution in [2.24, 2.45) is 11.3 Å². The Labute approximate surface area is 122 Å². The highest BCUT2D eigenvalue weighted by atomic mass is 16.2. The van der Waals surface area contributed by atoms with Gasteiger partial charge in [-0.1, -0.05) is 20.8 Å². The van der Waals surface area contributed by atoms with Gasteiger partial charge in [0.15, 0.2) is 0 Å². The molecule has 1 heterocycles. The standard InChI is InChI=1S/C16H28N2O2/c1-14(2,3)10-15(4,5)18-9-12(19)17-16(6,13(18)20)11-7-8-11/h11H,7-10H2,1-6H3,(H,17,19). The van der Waals surface area contributed by atoms with Gasteiger partial charge in [0.05, 0.1) is 0 Å². The number of nitrogens with one attached hydrogen (secondary N) is 1. The molecular formula is C16H28N2O2. The lowest BCUT2D eigenvalue weighted by atomic mass is 9.79. The van der Waals surface area contributed by atoms with E-state index in [1.807, 2.05) is 6.92 Å². The Morgan fingerprint density at radius 3 is 2.20 bits per heavy atom. The van der Waals surface area contributed by atoms with Crippen LogP contribution in [0.2, 0.25) is 0 Å². The van der Waals surface area contributed by atoms with Gasteiger partial charge in [0.2, 0.25) is 11.8 Å². The van der Waals surface area contributed by atoms with E-state index in [1.54, 1.807) is 4.90 Å². The van der Waals surface area contributed by atoms with Gasteiger partial charge >= 0.3 is 0 Å². The van der Waals surface area contributed by atoms with Gasteiger partial charge in [0.1, 0.15) is 12.1 Å². The SMILES string of the molecule is CC(C)(C)CC(C)(C)N1CC(=O)NC(C)(C2CC2)C1=O. The van der Waals surface area contributed by atoms with Gasteiger partial charge < -0.3 is 10.2 Å². The van der Waals surface area contributed by atoms with Crippen LogP contribution in [0.3, 0.4) is 0 Å². The van der Waals surface area contributed by atoms with Gasteiger partial charge in [-0.05, 0) is 51.4 Å². The van der Waals surface area contributed by atoms with E-state index in [0.717, 1.165) is 19.3 Å². The molecule has 0 aromatic rings. The molecule has 0 aromatic carbocycles. The third kappa shape index (κ3) is 2.84. The highest BCUT2D eigenvalue weighted by Gasteiger charge is 2.55. The van der Waals surface area contributed by atoms with Crippen molar-refractivity contribution < 1.29 is 9.59 Å². The van der Waals surface area contributed by atoms with Gasteiger partial charge in [-0.2, -0.15) is 0 Å². The maximum atomic E-state index is 12.9. The van der Waals surface area contributed by atoms with Gasteiger partial charge in [-0.25, -0.2) is 0 Å². The topological polar surface area (TPSA) is 49.4 Å². The average molecular weight is 280 g/mol. The van der Waals surface area contributed by atoms with Crippen molar-refractivity contribution in [2.45, 2.75) is 71.9 Å². The van der Waals surface area contributed by atoms with Crippen LogP contribution >= 0.6 is 0 Å². The molecule has 1 aliphatic heterocycles. The summed E-state index contributed by atoms with van der Waals surface area (Å²) in [4.78, 5) is 26.8. The lowest BCUT2D eigenvalue weighted by Gasteiger charge is -2.49. The van der Waals surface area contributed by atoms with Crippen molar-refractivity contribution in [1.82, 2.24) is 10.2 Å². The van der Waals surface area contributed by atoms with Crippen LogP contribution in [-0.4, -0.2) is 34.3 Å². The second kappa shape index (κ2) is 4.47. The number of amides is 2. The molecule has 0 aromatic heterocycles. The molecule has 2 fully saturated rings. The first-order valence-corrected chi connectivity index (χ1v) is 7.59. The number of rotatable bonds is 3. The minimum atomic E-state index is -0.690. The summed E-state index contributed by atoms with van der Waals surface area (Å²) in [5.41, 5.74) is -0.874. The molecule has 2 amide bonds. The van der Waals surface area contributed by atoms with Crippen molar-refractivity contribution in [3.05, 3.63) is 0 Å². The summed E-state index contributed by atoms with van der Waals surface area (Å²) in [6, 6.07) is 0. The number of nitrogens with zero attached hydrogens (tertiary/aromatic N) is 1. The average Bonchev–Trinajstić information content (AvgIpc) is 3.03. The molecule has 1 saturated heterocycles. The number of hydrogen-bond donors (Lipinski definition) is 1. The highest BCUT2D eigenvalue weighted by Crippen LogP contribution is 2.43. The second-order valence-electron chi connectivity index (χ2n) is 8.47. The summed E-state index contributed by atoms with van der Waals surface area (Å²) in [6.07, 6.45) is 2.95. The van der Waals surface area contributed by atoms with Crippen LogP contribution in [0, 0.1) is 11.3 Å². The molecule has 114 valence electrons. The first kappa shape index (κ1) is 15.3. The lowest BCUT2D eigenvalue weighted by Crippen LogP contribution is -2.70. The Morgan fingerprint density at radius 2 is 1.75 bits per heavy atom. The fraction of sp³-hybridized carbons (Fsp3) is 0.875. The number of carbonyl (C=O) groups is 2. The molecule has 1 saturated carbocycles. The molecule has 20 heavy (non-hydrogen) atoms. The lowest BCUT2D eigenvalue weighted by molar-refractivity contribution is -0.157. The number of piperazine rings is 1. The molecule has 4 heteroatoms. The van der Waals surface area contributed by atoms with E-state index in [0.29, 0.717) is 5.92 Å². The highest BCUT2D eigenvalue weighted by molar-refractivity contribution is 5.98. The predicted molar refractivity (Wildman–Crippen MR) is 79.1 cm³/mol. The van der Waals surface area contributed by atoms with Crippen LogP contribution < -0.4 is 5.32 Å². The normalized spacial score (nSPS) is 28.6. The van der Waals surface area contributed by atoms with Crippen LogP contribution in [0.15, 0.2) is 0 Å². The molecule has 1 N–H and O–H groups in total. The number of carbonyl (C=O) groups excluding carboxylic acids is 2. The van der Waals surface area contributed by atoms with E-state index in [9.17, 15) is 9.59 Å². The van der Waals surface area contributed by atoms with Gasteiger partial charge in [0.25, 0.3) is 0 Å². The van der Waals surface area contributed by atoms with Gasteiger partial charge in [-0.15, -0.1) is 0 Å². The Kier molecular flexibility index (Phi) is 3.43. The summed E-state index contributed by atoms with van der Waals surface area (Å²) in [5.74, 6) is 0.377. The minimum Gasteiger partial charge on any atom is -0.340 e. The molecule has 0 spiro atoms. The van der Waals surface area contributed by atoms with Crippen molar-refractivity contribution in [1.29, 1.82) is 0 Å². The van der Waals surface area contributed by atoms with Crippen LogP contribution in [0.5, 0.6) is 0 Å². The summed E-state index contributed by atoms with van der Waals surface area (Å²) < 4.78 is 0. The van der Waals surface area contributed by atoms with Crippen LogP contribution in [0.1, 0.15) is 60.8 Å². The molecule has 4 nitrogen and oxygen atoms in total. The van der Waals surface area contributed by atoms with Crippen LogP contribution in [0.4, 0.5) is 0 Å². The Balaban J connectivity index is 2.26. The first-order chi connectivity index (χ1) is 8.96. The quantitative estimate of drug-likeness (QED) is 0.862. The Hall–Kier alpha value is -1.06. The fourth-order valence-corrected chi connectivity index (χ4v) is 3.70. The zero-order chi connectivity index (χ0) is 15.3. The van der Waals surface area contributed by atoms with E-state index in [1.165, 1.54) is 0 Å². The smallest absolute Gasteiger partial charge is 0.249 e. The van der Waals surface area contributed by atoms with E-state index in [-0.39, 0.29) is 29.3 Å². The van der Waals surface area contributed by atoms with Crippen LogP contribution in [0.25, 0.3) is 0 Å². The predicted octanol–water partition coefficient (Wildman–Crippen LogP) is 2.33. The van der Waals surface area contributed by atoms with E-state index < -0.39 is 5.54 Å². The largest absolute Gasteiger partial charge is 0.340 e. The summed E-state index contributed by atoms with van der Waals surface area (Å²) in [7, 11) is 0. The third-order valence-electron chi connectivity index (χ3n) is 4.48. The zero-order valence-electron chi connectivity index (χ0n) is 13.7. The van der Waals surface area contributed by atoms with Crippen molar-refractivity contribution in [3.8, 4) is 0 Å². The molecule has 2 rings (SSSR count). The molecule has 2 aliphatic rings. The van der Waals surface area contributed by atoms with Crippen LogP contribution in [-0.2, 0) is 9.59 Å². The summed E-state index contributed by atoms with van der Waals surface area (Å²) in [5, 5.41) is 2.94. The molecular weight excluding hydrogens is 252 g/mol. The van der Waals surface area contributed by atoms with E-state index >= 15 is 0 Å². The molecule has 1 aliphatic carbocycles. The van der Waals surface area contributed by atoms with Gasteiger partial charge in [-0.3, -0.25) is 9.59 Å². The zero-order valence-corrected chi connectivity index (χ0v) is 13.7. The number of hydrogen-bond acceptors (Lipinski definition) is 2. The fourth-order valence-electron chi connectivity index (χ4n) is 3.70. The van der Waals surface area contributed by atoms with Crippen molar-refractivity contribution in [2.75, 3.05) is 6.54 Å². The van der Waals surface area contributed by atoms with Gasteiger partial charge in [0, 0.05) is 5.54 Å². The van der Waals surface area contributed by atoms with E-state index in [2.05, 4.69) is 39.9 Å². The van der Waals surface area contributed by atoms with E-state index in [4.69, 9.17) is 0 Å². The minimum absolute atomic E-state index is 0.0269. The molecule has 1 atom stereocenters. The van der Waals surface area contributed by atoms with Crippen molar-refractivity contribution in [3.63, 3.8) is 0 Å². The Bertz CT molecular complexity index is 432. The Morgan fingerprint density at radius 1 is 1.20 bits per heavy atom. The molecule has 1 unspecified atom stereocenters. The monoisotopic (exact) mass is 280 g/mol. The maximum Gasteiger partial charge on any atom is 0.249 e. The molecule has 0 radical (unpaired) electrons. The van der Waals surface area contributed by atoms with Crippen molar-refractivity contribution >= 4 is 11.8 Å². The maximum absolute atomic E-state index is 12.9. The molecule has 0 bridgehead atoms. The third-order valence-corrected chi connectivity index (χ3v) is 4.48. The summed E-state index contributed by atoms with van der Waals surface area (Å²) >= 11 is 0.